The van der Waals surface area contributed by atoms with Crippen molar-refractivity contribution < 1.29 is 4.74 Å². The van der Waals surface area contributed by atoms with Gasteiger partial charge < -0.3 is 10.1 Å². The number of unbranched alkanes of at least 4 members (excludes halogenated alkanes) is 1. The van der Waals surface area contributed by atoms with Crippen molar-refractivity contribution >= 4 is 17.3 Å². The molecule has 1 aromatic rings. The van der Waals surface area contributed by atoms with Crippen molar-refractivity contribution in [2.75, 3.05) is 19.0 Å². The fraction of sp³-hybridized carbons (Fsp3) is 0.333. The van der Waals surface area contributed by atoms with E-state index in [1.807, 2.05) is 18.2 Å². The van der Waals surface area contributed by atoms with Crippen LogP contribution in [0, 0.1) is 12.3 Å². The lowest BCUT2D eigenvalue weighted by atomic mass is 10.2. The van der Waals surface area contributed by atoms with Crippen molar-refractivity contribution in [1.82, 2.24) is 0 Å². The summed E-state index contributed by atoms with van der Waals surface area (Å²) in [6.45, 7) is 0.817. The van der Waals surface area contributed by atoms with Crippen LogP contribution in [0.2, 0.25) is 5.02 Å². The maximum atomic E-state index is 6.01. The van der Waals surface area contributed by atoms with Gasteiger partial charge in [-0.05, 0) is 18.6 Å². The molecule has 0 saturated heterocycles. The van der Waals surface area contributed by atoms with Crippen LogP contribution >= 0.6 is 11.6 Å². The number of hydrogen-bond acceptors (Lipinski definition) is 2. The van der Waals surface area contributed by atoms with Gasteiger partial charge in [-0.3, -0.25) is 0 Å². The highest BCUT2D eigenvalue weighted by Crippen LogP contribution is 2.26. The van der Waals surface area contributed by atoms with Crippen LogP contribution in [-0.2, 0) is 0 Å². The molecule has 0 aliphatic heterocycles. The van der Waals surface area contributed by atoms with Crippen molar-refractivity contribution in [3.05, 3.63) is 23.2 Å². The van der Waals surface area contributed by atoms with Crippen LogP contribution in [0.15, 0.2) is 18.2 Å². The summed E-state index contributed by atoms with van der Waals surface area (Å²) in [7, 11) is 1.63. The predicted molar refractivity (Wildman–Crippen MR) is 64.6 cm³/mol. The molecule has 0 radical (unpaired) electrons. The van der Waals surface area contributed by atoms with E-state index in [-0.39, 0.29) is 0 Å². The molecule has 15 heavy (non-hydrogen) atoms. The van der Waals surface area contributed by atoms with Gasteiger partial charge in [0.2, 0.25) is 0 Å². The number of benzene rings is 1. The van der Waals surface area contributed by atoms with Crippen LogP contribution in [0.25, 0.3) is 0 Å². The molecule has 0 aromatic heterocycles. The molecule has 0 heterocycles. The Kier molecular flexibility index (Phi) is 4.86. The fourth-order valence-electron chi connectivity index (χ4n) is 1.18. The van der Waals surface area contributed by atoms with Crippen molar-refractivity contribution in [2.24, 2.45) is 0 Å². The first-order valence-electron chi connectivity index (χ1n) is 4.79. The first-order chi connectivity index (χ1) is 7.27. The lowest BCUT2D eigenvalue weighted by molar-refractivity contribution is 0.415. The zero-order chi connectivity index (χ0) is 11.1. The number of ether oxygens (including phenoxy) is 1. The average Bonchev–Trinajstić information content (AvgIpc) is 2.26. The smallest absolute Gasteiger partial charge is 0.121 e. The highest BCUT2D eigenvalue weighted by Gasteiger charge is 2.00. The van der Waals surface area contributed by atoms with E-state index < -0.39 is 0 Å². The lowest BCUT2D eigenvalue weighted by Gasteiger charge is -2.09. The summed E-state index contributed by atoms with van der Waals surface area (Å²) >= 11 is 6.01. The van der Waals surface area contributed by atoms with E-state index in [2.05, 4.69) is 11.2 Å². The van der Waals surface area contributed by atoms with Gasteiger partial charge in [0.25, 0.3) is 0 Å². The molecular formula is C12H14ClNO. The monoisotopic (exact) mass is 223 g/mol. The lowest BCUT2D eigenvalue weighted by Crippen LogP contribution is -2.01. The van der Waals surface area contributed by atoms with Crippen LogP contribution in [0.1, 0.15) is 12.8 Å². The van der Waals surface area contributed by atoms with Gasteiger partial charge in [-0.15, -0.1) is 12.3 Å². The van der Waals surface area contributed by atoms with Crippen LogP contribution in [0.4, 0.5) is 5.69 Å². The molecule has 1 rings (SSSR count). The molecule has 0 bridgehead atoms. The van der Waals surface area contributed by atoms with Crippen molar-refractivity contribution in [1.29, 1.82) is 0 Å². The minimum atomic E-state index is 0.691. The second-order valence-electron chi connectivity index (χ2n) is 3.08. The molecule has 1 N–H and O–H groups in total. The molecule has 1 aromatic carbocycles. The first kappa shape index (κ1) is 11.7. The van der Waals surface area contributed by atoms with Gasteiger partial charge in [-0.25, -0.2) is 0 Å². The maximum absolute atomic E-state index is 6.01. The number of methoxy groups -OCH3 is 1. The zero-order valence-electron chi connectivity index (χ0n) is 8.72. The van der Waals surface area contributed by atoms with Crippen LogP contribution in [0.5, 0.6) is 5.75 Å². The second-order valence-corrected chi connectivity index (χ2v) is 3.49. The number of anilines is 1. The highest BCUT2D eigenvalue weighted by atomic mass is 35.5. The Morgan fingerprint density at radius 3 is 3.00 bits per heavy atom. The van der Waals surface area contributed by atoms with Gasteiger partial charge in [-0.1, -0.05) is 11.6 Å². The molecule has 80 valence electrons. The zero-order valence-corrected chi connectivity index (χ0v) is 9.47. The van der Waals surface area contributed by atoms with Crippen LogP contribution < -0.4 is 10.1 Å². The molecule has 3 heteroatoms. The van der Waals surface area contributed by atoms with Gasteiger partial charge in [0, 0.05) is 19.0 Å². The van der Waals surface area contributed by atoms with E-state index in [1.165, 1.54) is 0 Å². The Labute approximate surface area is 95.6 Å². The van der Waals surface area contributed by atoms with Gasteiger partial charge in [0.15, 0.2) is 0 Å². The van der Waals surface area contributed by atoms with E-state index in [9.17, 15) is 0 Å². The van der Waals surface area contributed by atoms with E-state index >= 15 is 0 Å². The summed E-state index contributed by atoms with van der Waals surface area (Å²) in [5.74, 6) is 3.38. The Morgan fingerprint density at radius 1 is 1.53 bits per heavy atom. The van der Waals surface area contributed by atoms with E-state index in [0.29, 0.717) is 5.02 Å². The molecule has 2 nitrogen and oxygen atoms in total. The third kappa shape index (κ3) is 3.73. The van der Waals surface area contributed by atoms with E-state index in [0.717, 1.165) is 30.8 Å². The van der Waals surface area contributed by atoms with Crippen molar-refractivity contribution in [2.45, 2.75) is 12.8 Å². The number of halogens is 1. The quantitative estimate of drug-likeness (QED) is 0.612. The molecule has 0 spiro atoms. The molecule has 0 saturated carbocycles. The molecule has 0 atom stereocenters. The maximum Gasteiger partial charge on any atom is 0.121 e. The first-order valence-corrected chi connectivity index (χ1v) is 5.16. The third-order valence-electron chi connectivity index (χ3n) is 1.99. The number of terminal acetylenes is 1. The summed E-state index contributed by atoms with van der Waals surface area (Å²) in [6, 6.07) is 5.51. The van der Waals surface area contributed by atoms with Crippen LogP contribution in [-0.4, -0.2) is 13.7 Å². The van der Waals surface area contributed by atoms with E-state index in [4.69, 9.17) is 22.8 Å². The molecule has 0 aliphatic rings. The largest absolute Gasteiger partial charge is 0.497 e. The van der Waals surface area contributed by atoms with Crippen molar-refractivity contribution in [3.8, 4) is 18.1 Å². The number of rotatable bonds is 5. The Bertz CT molecular complexity index is 357. The predicted octanol–water partition coefficient (Wildman–Crippen LogP) is 3.17. The van der Waals surface area contributed by atoms with Gasteiger partial charge >= 0.3 is 0 Å². The standard InChI is InChI=1S/C12H14ClNO/c1-3-4-5-8-14-12-9-10(15-2)6-7-11(12)13/h1,6-7,9,14H,4-5,8H2,2H3. The summed E-state index contributed by atoms with van der Waals surface area (Å²) in [4.78, 5) is 0. The third-order valence-corrected chi connectivity index (χ3v) is 2.32. The molecular weight excluding hydrogens is 210 g/mol. The highest BCUT2D eigenvalue weighted by molar-refractivity contribution is 6.33. The normalized spacial score (nSPS) is 9.40. The summed E-state index contributed by atoms with van der Waals surface area (Å²) in [5, 5.41) is 3.91. The molecule has 0 fully saturated rings. The minimum Gasteiger partial charge on any atom is -0.497 e. The summed E-state index contributed by atoms with van der Waals surface area (Å²) in [5.41, 5.74) is 0.882. The Hall–Kier alpha value is -1.33. The van der Waals surface area contributed by atoms with Gasteiger partial charge in [-0.2, -0.15) is 0 Å². The topological polar surface area (TPSA) is 21.3 Å². The SMILES string of the molecule is C#CCCCNc1cc(OC)ccc1Cl. The molecule has 0 unspecified atom stereocenters. The molecule has 0 amide bonds. The summed E-state index contributed by atoms with van der Waals surface area (Å²) < 4.78 is 5.11. The Balaban J connectivity index is 2.56. The van der Waals surface area contributed by atoms with Crippen LogP contribution in [0.3, 0.4) is 0 Å². The second kappa shape index (κ2) is 6.21. The minimum absolute atomic E-state index is 0.691. The van der Waals surface area contributed by atoms with Gasteiger partial charge in [0.1, 0.15) is 5.75 Å². The average molecular weight is 224 g/mol. The summed E-state index contributed by atoms with van der Waals surface area (Å²) in [6.07, 6.45) is 6.87. The Morgan fingerprint density at radius 2 is 2.33 bits per heavy atom. The van der Waals surface area contributed by atoms with Crippen molar-refractivity contribution in [3.63, 3.8) is 0 Å². The molecule has 0 aliphatic carbocycles. The number of hydrogen-bond donors (Lipinski definition) is 1. The van der Waals surface area contributed by atoms with Gasteiger partial charge in [0.05, 0.1) is 17.8 Å². The van der Waals surface area contributed by atoms with E-state index in [1.54, 1.807) is 7.11 Å². The number of nitrogens with one attached hydrogen (secondary N) is 1. The fourth-order valence-corrected chi connectivity index (χ4v) is 1.36.